The fraction of sp³-hybridized carbons (Fsp3) is 0.0714. The molecule has 0 aliphatic carbocycles. The molecule has 98 valence electrons. The van der Waals surface area contributed by atoms with Crippen molar-refractivity contribution < 1.29 is 9.18 Å². The molecular weight excluding hydrogens is 311 g/mol. The van der Waals surface area contributed by atoms with Crippen molar-refractivity contribution in [2.24, 2.45) is 0 Å². The highest BCUT2D eigenvalue weighted by Crippen LogP contribution is 2.26. The number of nitrogens with zero attached hydrogens (tertiary/aromatic N) is 1. The van der Waals surface area contributed by atoms with Gasteiger partial charge in [-0.15, -0.1) is 0 Å². The lowest BCUT2D eigenvalue weighted by Gasteiger charge is -2.19. The Morgan fingerprint density at radius 3 is 2.58 bits per heavy atom. The molecule has 5 heteroatoms. The number of benzene rings is 2. The Labute approximate surface area is 119 Å². The SMILES string of the molecule is CN(C(=O)c1cccc(F)c1Br)c1ccccc1N. The summed E-state index contributed by atoms with van der Waals surface area (Å²) in [5.74, 6) is -0.801. The van der Waals surface area contributed by atoms with Crippen LogP contribution in [0.5, 0.6) is 0 Å². The van der Waals surface area contributed by atoms with E-state index in [0.717, 1.165) is 0 Å². The van der Waals surface area contributed by atoms with Gasteiger partial charge in [0.2, 0.25) is 0 Å². The second kappa shape index (κ2) is 5.40. The maximum absolute atomic E-state index is 13.4. The van der Waals surface area contributed by atoms with Crippen LogP contribution >= 0.6 is 15.9 Å². The van der Waals surface area contributed by atoms with Crippen LogP contribution in [-0.2, 0) is 0 Å². The van der Waals surface area contributed by atoms with Gasteiger partial charge in [0, 0.05) is 7.05 Å². The fourth-order valence-electron chi connectivity index (χ4n) is 1.75. The van der Waals surface area contributed by atoms with Crippen molar-refractivity contribution in [2.45, 2.75) is 0 Å². The molecule has 0 aliphatic heterocycles. The predicted octanol–water partition coefficient (Wildman–Crippen LogP) is 3.45. The van der Waals surface area contributed by atoms with Crippen LogP contribution in [0.4, 0.5) is 15.8 Å². The Bertz CT molecular complexity index is 631. The van der Waals surface area contributed by atoms with Gasteiger partial charge in [-0.1, -0.05) is 18.2 Å². The first-order valence-electron chi connectivity index (χ1n) is 5.59. The summed E-state index contributed by atoms with van der Waals surface area (Å²) in [6, 6.07) is 11.4. The van der Waals surface area contributed by atoms with Gasteiger partial charge in [0.15, 0.2) is 0 Å². The zero-order valence-electron chi connectivity index (χ0n) is 10.2. The second-order valence-electron chi connectivity index (χ2n) is 4.02. The quantitative estimate of drug-likeness (QED) is 0.861. The first-order valence-corrected chi connectivity index (χ1v) is 6.38. The zero-order chi connectivity index (χ0) is 14.0. The minimum Gasteiger partial charge on any atom is -0.397 e. The molecular formula is C14H12BrFN2O. The molecule has 0 unspecified atom stereocenters. The van der Waals surface area contributed by atoms with E-state index in [0.29, 0.717) is 11.4 Å². The van der Waals surface area contributed by atoms with Gasteiger partial charge in [-0.25, -0.2) is 4.39 Å². The van der Waals surface area contributed by atoms with Gasteiger partial charge < -0.3 is 10.6 Å². The number of halogens is 2. The number of carbonyl (C=O) groups is 1. The molecule has 19 heavy (non-hydrogen) atoms. The minimum absolute atomic E-state index is 0.154. The van der Waals surface area contributed by atoms with Gasteiger partial charge in [-0.05, 0) is 40.2 Å². The highest BCUT2D eigenvalue weighted by molar-refractivity contribution is 9.10. The lowest BCUT2D eigenvalue weighted by molar-refractivity contribution is 0.0992. The Hall–Kier alpha value is -1.88. The van der Waals surface area contributed by atoms with E-state index in [9.17, 15) is 9.18 Å². The third-order valence-corrected chi connectivity index (χ3v) is 3.59. The van der Waals surface area contributed by atoms with Gasteiger partial charge in [-0.3, -0.25) is 4.79 Å². The molecule has 0 spiro atoms. The number of nitrogen functional groups attached to an aromatic ring is 1. The highest BCUT2D eigenvalue weighted by atomic mass is 79.9. The lowest BCUT2D eigenvalue weighted by atomic mass is 10.1. The molecule has 2 aromatic rings. The summed E-state index contributed by atoms with van der Waals surface area (Å²) in [6.45, 7) is 0. The van der Waals surface area contributed by atoms with Gasteiger partial charge in [-0.2, -0.15) is 0 Å². The lowest BCUT2D eigenvalue weighted by Crippen LogP contribution is -2.27. The van der Waals surface area contributed by atoms with Gasteiger partial charge in [0.05, 0.1) is 21.4 Å². The average molecular weight is 323 g/mol. The average Bonchev–Trinajstić information content (AvgIpc) is 2.41. The molecule has 0 bridgehead atoms. The molecule has 0 radical (unpaired) electrons. The second-order valence-corrected chi connectivity index (χ2v) is 4.82. The molecule has 1 amide bonds. The van der Waals surface area contributed by atoms with E-state index in [-0.39, 0.29) is 15.9 Å². The largest absolute Gasteiger partial charge is 0.397 e. The molecule has 0 heterocycles. The third-order valence-electron chi connectivity index (χ3n) is 2.78. The molecule has 0 aromatic heterocycles. The van der Waals surface area contributed by atoms with E-state index in [1.54, 1.807) is 37.4 Å². The van der Waals surface area contributed by atoms with Crippen LogP contribution in [0.15, 0.2) is 46.9 Å². The van der Waals surface area contributed by atoms with Crippen molar-refractivity contribution in [1.29, 1.82) is 0 Å². The van der Waals surface area contributed by atoms with Crippen molar-refractivity contribution in [3.8, 4) is 0 Å². The topological polar surface area (TPSA) is 46.3 Å². The highest BCUT2D eigenvalue weighted by Gasteiger charge is 2.19. The van der Waals surface area contributed by atoms with E-state index in [1.807, 2.05) is 0 Å². The Morgan fingerprint density at radius 2 is 1.89 bits per heavy atom. The number of anilines is 2. The van der Waals surface area contributed by atoms with Crippen LogP contribution in [0.2, 0.25) is 0 Å². The third kappa shape index (κ3) is 2.61. The van der Waals surface area contributed by atoms with Crippen LogP contribution in [0.1, 0.15) is 10.4 Å². The maximum Gasteiger partial charge on any atom is 0.259 e. The molecule has 0 saturated heterocycles. The number of para-hydroxylation sites is 2. The van der Waals surface area contributed by atoms with Crippen LogP contribution in [-0.4, -0.2) is 13.0 Å². The van der Waals surface area contributed by atoms with Crippen molar-refractivity contribution >= 4 is 33.2 Å². The smallest absolute Gasteiger partial charge is 0.259 e. The molecule has 0 fully saturated rings. The van der Waals surface area contributed by atoms with E-state index < -0.39 is 5.82 Å². The van der Waals surface area contributed by atoms with E-state index in [1.165, 1.54) is 17.0 Å². The van der Waals surface area contributed by atoms with Crippen molar-refractivity contribution in [3.63, 3.8) is 0 Å². The summed E-state index contributed by atoms with van der Waals surface area (Å²) in [5, 5.41) is 0. The van der Waals surface area contributed by atoms with Crippen LogP contribution in [0, 0.1) is 5.82 Å². The van der Waals surface area contributed by atoms with Crippen molar-refractivity contribution in [3.05, 3.63) is 58.3 Å². The molecule has 2 rings (SSSR count). The first-order chi connectivity index (χ1) is 9.02. The Balaban J connectivity index is 2.40. The monoisotopic (exact) mass is 322 g/mol. The fourth-order valence-corrected chi connectivity index (χ4v) is 2.19. The van der Waals surface area contributed by atoms with Crippen LogP contribution in [0.3, 0.4) is 0 Å². The number of nitrogens with two attached hydrogens (primary N) is 1. The molecule has 0 atom stereocenters. The number of hydrogen-bond donors (Lipinski definition) is 1. The van der Waals surface area contributed by atoms with Gasteiger partial charge in [0.1, 0.15) is 5.82 Å². The number of amides is 1. The zero-order valence-corrected chi connectivity index (χ0v) is 11.8. The van der Waals surface area contributed by atoms with Crippen LogP contribution < -0.4 is 10.6 Å². The summed E-state index contributed by atoms with van der Waals surface area (Å²) >= 11 is 3.09. The van der Waals surface area contributed by atoms with Crippen molar-refractivity contribution in [2.75, 3.05) is 17.7 Å². The number of carbonyl (C=O) groups excluding carboxylic acids is 1. The predicted molar refractivity (Wildman–Crippen MR) is 77.7 cm³/mol. The normalized spacial score (nSPS) is 10.3. The number of rotatable bonds is 2. The van der Waals surface area contributed by atoms with E-state index in [4.69, 9.17) is 5.73 Å². The van der Waals surface area contributed by atoms with E-state index in [2.05, 4.69) is 15.9 Å². The summed E-state index contributed by atoms with van der Waals surface area (Å²) in [4.78, 5) is 13.7. The summed E-state index contributed by atoms with van der Waals surface area (Å²) in [5.41, 5.74) is 7.16. The van der Waals surface area contributed by atoms with E-state index >= 15 is 0 Å². The summed E-state index contributed by atoms with van der Waals surface area (Å²) in [6.07, 6.45) is 0. The molecule has 2 N–H and O–H groups in total. The molecule has 0 saturated carbocycles. The minimum atomic E-state index is -0.472. The van der Waals surface area contributed by atoms with Crippen LogP contribution in [0.25, 0.3) is 0 Å². The van der Waals surface area contributed by atoms with Gasteiger partial charge >= 0.3 is 0 Å². The standard InChI is InChI=1S/C14H12BrFN2O/c1-18(12-8-3-2-7-11(12)17)14(19)9-5-4-6-10(16)13(9)15/h2-8H,17H2,1H3. The Morgan fingerprint density at radius 1 is 1.21 bits per heavy atom. The van der Waals surface area contributed by atoms with Gasteiger partial charge in [0.25, 0.3) is 5.91 Å². The number of hydrogen-bond acceptors (Lipinski definition) is 2. The summed E-state index contributed by atoms with van der Waals surface area (Å²) in [7, 11) is 1.60. The maximum atomic E-state index is 13.4. The summed E-state index contributed by atoms with van der Waals surface area (Å²) < 4.78 is 13.6. The first kappa shape index (κ1) is 13.5. The molecule has 2 aromatic carbocycles. The molecule has 0 aliphatic rings. The van der Waals surface area contributed by atoms with Crippen molar-refractivity contribution in [1.82, 2.24) is 0 Å². The molecule has 3 nitrogen and oxygen atoms in total. The Kier molecular flexibility index (Phi) is 3.85.